The Bertz CT molecular complexity index is 940. The topological polar surface area (TPSA) is 75.5 Å². The minimum Gasteiger partial charge on any atom is -0.339 e. The van der Waals surface area contributed by atoms with Gasteiger partial charge in [0.1, 0.15) is 0 Å². The van der Waals surface area contributed by atoms with Crippen LogP contribution in [0.5, 0.6) is 0 Å². The molecule has 1 aromatic heterocycles. The molecule has 0 spiro atoms. The molecule has 7 heteroatoms. The maximum absolute atomic E-state index is 13.2. The van der Waals surface area contributed by atoms with E-state index in [0.717, 1.165) is 0 Å². The molecule has 0 radical (unpaired) electrons. The minimum atomic E-state index is -0.189. The minimum absolute atomic E-state index is 0.0487. The van der Waals surface area contributed by atoms with Gasteiger partial charge in [0, 0.05) is 44.0 Å². The Labute approximate surface area is 164 Å². The number of nitrogens with zero attached hydrogens (tertiary/aromatic N) is 4. The molecule has 0 aliphatic carbocycles. The molecule has 1 aromatic carbocycles. The van der Waals surface area contributed by atoms with Gasteiger partial charge in [-0.15, -0.1) is 0 Å². The summed E-state index contributed by atoms with van der Waals surface area (Å²) in [5, 5.41) is 5.52. The number of aromatic nitrogens is 2. The van der Waals surface area contributed by atoms with Crippen LogP contribution in [0, 0.1) is 11.8 Å². The fourth-order valence-corrected chi connectivity index (χ4v) is 3.51. The van der Waals surface area contributed by atoms with E-state index in [0.29, 0.717) is 49.2 Å². The van der Waals surface area contributed by atoms with Crippen molar-refractivity contribution in [3.05, 3.63) is 40.3 Å². The number of fused-ring (bicyclic) bond motifs is 1. The van der Waals surface area contributed by atoms with Gasteiger partial charge in [-0.05, 0) is 12.0 Å². The molecule has 28 heavy (non-hydrogen) atoms. The summed E-state index contributed by atoms with van der Waals surface area (Å²) in [6, 6.07) is 7.13. The zero-order valence-electron chi connectivity index (χ0n) is 17.0. The first kappa shape index (κ1) is 20.0. The molecule has 0 atom stereocenters. The lowest BCUT2D eigenvalue weighted by Gasteiger charge is -2.35. The number of hydrogen-bond acceptors (Lipinski definition) is 4. The number of carbonyl (C=O) groups excluding carboxylic acids is 2. The molecule has 0 bridgehead atoms. The van der Waals surface area contributed by atoms with Crippen LogP contribution in [0.25, 0.3) is 10.8 Å². The second-order valence-corrected chi connectivity index (χ2v) is 8.05. The summed E-state index contributed by atoms with van der Waals surface area (Å²) in [6.45, 7) is 10.2. The van der Waals surface area contributed by atoms with Gasteiger partial charge in [-0.2, -0.15) is 5.10 Å². The zero-order valence-corrected chi connectivity index (χ0v) is 17.0. The van der Waals surface area contributed by atoms with Crippen molar-refractivity contribution in [2.45, 2.75) is 34.2 Å². The van der Waals surface area contributed by atoms with Crippen LogP contribution in [0.1, 0.15) is 38.2 Å². The van der Waals surface area contributed by atoms with Crippen LogP contribution < -0.4 is 5.56 Å². The normalized spacial score (nSPS) is 14.9. The van der Waals surface area contributed by atoms with E-state index in [9.17, 15) is 14.4 Å². The molecule has 2 amide bonds. The predicted molar refractivity (Wildman–Crippen MR) is 108 cm³/mol. The molecule has 150 valence electrons. The lowest BCUT2D eigenvalue weighted by Crippen LogP contribution is -2.51. The summed E-state index contributed by atoms with van der Waals surface area (Å²) >= 11 is 0. The molecule has 0 unspecified atom stereocenters. The van der Waals surface area contributed by atoms with Crippen molar-refractivity contribution >= 4 is 22.6 Å². The van der Waals surface area contributed by atoms with Gasteiger partial charge in [-0.3, -0.25) is 14.4 Å². The first-order valence-corrected chi connectivity index (χ1v) is 9.87. The highest BCUT2D eigenvalue weighted by atomic mass is 16.2. The number of hydrogen-bond donors (Lipinski definition) is 0. The average Bonchev–Trinajstić information content (AvgIpc) is 2.69. The third-order valence-electron chi connectivity index (χ3n) is 4.98. The van der Waals surface area contributed by atoms with Gasteiger partial charge >= 0.3 is 0 Å². The first-order valence-electron chi connectivity index (χ1n) is 9.87. The Morgan fingerprint density at radius 3 is 2.11 bits per heavy atom. The van der Waals surface area contributed by atoms with Gasteiger partial charge < -0.3 is 9.80 Å². The van der Waals surface area contributed by atoms with E-state index in [-0.39, 0.29) is 29.2 Å². The van der Waals surface area contributed by atoms with Crippen LogP contribution in [0.3, 0.4) is 0 Å². The number of rotatable bonds is 4. The van der Waals surface area contributed by atoms with Gasteiger partial charge in [0.15, 0.2) is 5.69 Å². The zero-order chi connectivity index (χ0) is 20.4. The van der Waals surface area contributed by atoms with E-state index in [4.69, 9.17) is 0 Å². The third-order valence-corrected chi connectivity index (χ3v) is 4.98. The van der Waals surface area contributed by atoms with E-state index < -0.39 is 0 Å². The van der Waals surface area contributed by atoms with E-state index >= 15 is 0 Å². The van der Waals surface area contributed by atoms with E-state index in [1.165, 1.54) is 4.68 Å². The van der Waals surface area contributed by atoms with Crippen molar-refractivity contribution in [2.75, 3.05) is 26.2 Å². The fourth-order valence-electron chi connectivity index (χ4n) is 3.51. The second-order valence-electron chi connectivity index (χ2n) is 8.05. The van der Waals surface area contributed by atoms with Gasteiger partial charge in [0.05, 0.1) is 5.39 Å². The molecule has 0 N–H and O–H groups in total. The molecule has 2 heterocycles. The van der Waals surface area contributed by atoms with Crippen LogP contribution in [-0.2, 0) is 11.3 Å². The Balaban J connectivity index is 1.91. The van der Waals surface area contributed by atoms with Crippen LogP contribution in [0.15, 0.2) is 29.1 Å². The molecule has 1 fully saturated rings. The molecule has 1 aliphatic heterocycles. The van der Waals surface area contributed by atoms with Crippen molar-refractivity contribution in [3.63, 3.8) is 0 Å². The van der Waals surface area contributed by atoms with Crippen molar-refractivity contribution in [2.24, 2.45) is 11.8 Å². The Morgan fingerprint density at radius 2 is 1.54 bits per heavy atom. The Hall–Kier alpha value is -2.70. The molecule has 3 rings (SSSR count). The monoisotopic (exact) mass is 384 g/mol. The average molecular weight is 384 g/mol. The summed E-state index contributed by atoms with van der Waals surface area (Å²) in [5.74, 6) is 0.110. The predicted octanol–water partition coefficient (Wildman–Crippen LogP) is 1.99. The summed E-state index contributed by atoms with van der Waals surface area (Å²) in [6.07, 6.45) is 0. The lowest BCUT2D eigenvalue weighted by atomic mass is 10.1. The molecule has 7 nitrogen and oxygen atoms in total. The van der Waals surface area contributed by atoms with Gasteiger partial charge in [-0.1, -0.05) is 45.9 Å². The SMILES string of the molecule is CC(C)Cn1nc(C(=O)N2CCN(C(=O)C(C)C)CC2)c2ccccc2c1=O. The maximum Gasteiger partial charge on any atom is 0.275 e. The smallest absolute Gasteiger partial charge is 0.275 e. The fraction of sp³-hybridized carbons (Fsp3) is 0.524. The summed E-state index contributed by atoms with van der Waals surface area (Å²) in [7, 11) is 0. The maximum atomic E-state index is 13.2. The van der Waals surface area contributed by atoms with Crippen molar-refractivity contribution in [1.82, 2.24) is 19.6 Å². The van der Waals surface area contributed by atoms with Crippen LogP contribution >= 0.6 is 0 Å². The molecule has 1 aliphatic rings. The number of piperazine rings is 1. The first-order chi connectivity index (χ1) is 13.3. The molecular weight excluding hydrogens is 356 g/mol. The van der Waals surface area contributed by atoms with Crippen molar-refractivity contribution < 1.29 is 9.59 Å². The largest absolute Gasteiger partial charge is 0.339 e. The van der Waals surface area contributed by atoms with Crippen LogP contribution in [-0.4, -0.2) is 57.6 Å². The summed E-state index contributed by atoms with van der Waals surface area (Å²) in [5.41, 5.74) is 0.132. The Kier molecular flexibility index (Phi) is 5.82. The summed E-state index contributed by atoms with van der Waals surface area (Å²) in [4.78, 5) is 41.7. The highest BCUT2D eigenvalue weighted by Crippen LogP contribution is 2.17. The highest BCUT2D eigenvalue weighted by molar-refractivity contribution is 6.04. The number of carbonyl (C=O) groups is 2. The Morgan fingerprint density at radius 1 is 0.964 bits per heavy atom. The van der Waals surface area contributed by atoms with E-state index in [1.807, 2.05) is 33.8 Å². The van der Waals surface area contributed by atoms with E-state index in [1.54, 1.807) is 28.0 Å². The standard InChI is InChI=1S/C21H28N4O3/c1-14(2)13-25-20(27)17-8-6-5-7-16(17)18(22-25)21(28)24-11-9-23(10-12-24)19(26)15(3)4/h5-8,14-15H,9-13H2,1-4H3. The van der Waals surface area contributed by atoms with E-state index in [2.05, 4.69) is 5.10 Å². The molecule has 0 saturated carbocycles. The lowest BCUT2D eigenvalue weighted by molar-refractivity contribution is -0.135. The molecular formula is C21H28N4O3. The summed E-state index contributed by atoms with van der Waals surface area (Å²) < 4.78 is 1.40. The number of amides is 2. The van der Waals surface area contributed by atoms with Crippen LogP contribution in [0.4, 0.5) is 0 Å². The van der Waals surface area contributed by atoms with Crippen LogP contribution in [0.2, 0.25) is 0 Å². The van der Waals surface area contributed by atoms with Gasteiger partial charge in [0.25, 0.3) is 11.5 Å². The van der Waals surface area contributed by atoms with Crippen molar-refractivity contribution in [1.29, 1.82) is 0 Å². The number of benzene rings is 1. The highest BCUT2D eigenvalue weighted by Gasteiger charge is 2.28. The molecule has 2 aromatic rings. The van der Waals surface area contributed by atoms with Crippen molar-refractivity contribution in [3.8, 4) is 0 Å². The third kappa shape index (κ3) is 3.93. The quantitative estimate of drug-likeness (QED) is 0.808. The van der Waals surface area contributed by atoms with Gasteiger partial charge in [0.2, 0.25) is 5.91 Å². The molecule has 1 saturated heterocycles. The van der Waals surface area contributed by atoms with Gasteiger partial charge in [-0.25, -0.2) is 4.68 Å². The second kappa shape index (κ2) is 8.12.